The summed E-state index contributed by atoms with van der Waals surface area (Å²) in [7, 11) is -2.54. The van der Waals surface area contributed by atoms with Gasteiger partial charge in [0.2, 0.25) is 0 Å². The molecule has 0 unspecified atom stereocenters. The van der Waals surface area contributed by atoms with Crippen molar-refractivity contribution < 1.29 is 47.8 Å². The molecule has 0 aliphatic heterocycles. The largest absolute Gasteiger partial charge is 1.00 e. The maximum atomic E-state index is 12.1. The van der Waals surface area contributed by atoms with Gasteiger partial charge in [0.15, 0.2) is 0 Å². The third-order valence-electron chi connectivity index (χ3n) is 3.16. The van der Waals surface area contributed by atoms with E-state index in [1.165, 1.54) is 25.3 Å². The molecule has 0 saturated carbocycles. The van der Waals surface area contributed by atoms with Gasteiger partial charge in [0, 0.05) is 10.9 Å². The van der Waals surface area contributed by atoms with Gasteiger partial charge < -0.3 is 9.84 Å². The predicted molar refractivity (Wildman–Crippen MR) is 93.7 cm³/mol. The first kappa shape index (κ1) is 21.7. The van der Waals surface area contributed by atoms with Crippen molar-refractivity contribution >= 4 is 33.6 Å². The standard InChI is InChI=1S/C17H16ClNO4S.Na/c1-12-10-14(18)6-7-16(12)17(20)19-24(21,22)9-8-13-4-3-5-15(11-13)23-2;/h3-11H,1-2H3,(H,19,20);/q;+1/p-1/b9-8+;. The number of hydrogen-bond donors (Lipinski definition) is 0. The molecule has 2 aromatic rings. The van der Waals surface area contributed by atoms with Gasteiger partial charge in [-0.25, -0.2) is 0 Å². The molecular weight excluding hydrogens is 373 g/mol. The van der Waals surface area contributed by atoms with Crippen LogP contribution in [0.2, 0.25) is 5.02 Å². The molecule has 0 aliphatic rings. The van der Waals surface area contributed by atoms with Gasteiger partial charge in [0.1, 0.15) is 5.75 Å². The molecule has 0 atom stereocenters. The van der Waals surface area contributed by atoms with Crippen LogP contribution in [0, 0.1) is 6.92 Å². The molecule has 126 valence electrons. The normalized spacial score (nSPS) is 12.0. The van der Waals surface area contributed by atoms with Crippen LogP contribution in [0.5, 0.6) is 5.75 Å². The number of aryl methyl sites for hydroxylation is 1. The van der Waals surface area contributed by atoms with Gasteiger partial charge in [-0.1, -0.05) is 29.8 Å². The number of nitrogens with zero attached hydrogens (tertiary/aromatic N) is 1. The molecule has 0 saturated heterocycles. The van der Waals surface area contributed by atoms with Crippen LogP contribution in [0.4, 0.5) is 0 Å². The molecule has 0 heterocycles. The van der Waals surface area contributed by atoms with Crippen molar-refractivity contribution in [1.82, 2.24) is 0 Å². The van der Waals surface area contributed by atoms with Crippen molar-refractivity contribution in [3.05, 3.63) is 69.6 Å². The summed E-state index contributed by atoms with van der Waals surface area (Å²) in [5.41, 5.74) is 1.37. The average Bonchev–Trinajstić information content (AvgIpc) is 2.52. The maximum Gasteiger partial charge on any atom is 1.00 e. The SMILES string of the molecule is COc1cccc(/C=C/S(=O)(=O)/N=C(\[O-])c2ccc(Cl)cc2C)c1.[Na+]. The van der Waals surface area contributed by atoms with Crippen LogP contribution in [0.15, 0.2) is 52.3 Å². The molecule has 0 aliphatic carbocycles. The van der Waals surface area contributed by atoms with Crippen molar-refractivity contribution in [1.29, 1.82) is 0 Å². The van der Waals surface area contributed by atoms with E-state index >= 15 is 0 Å². The van der Waals surface area contributed by atoms with Crippen molar-refractivity contribution in [3.8, 4) is 5.75 Å². The summed E-state index contributed by atoms with van der Waals surface area (Å²) < 4.78 is 32.3. The van der Waals surface area contributed by atoms with Gasteiger partial charge >= 0.3 is 29.6 Å². The van der Waals surface area contributed by atoms with E-state index in [1.807, 2.05) is 0 Å². The van der Waals surface area contributed by atoms with E-state index in [2.05, 4.69) is 4.40 Å². The number of hydrogen-bond acceptors (Lipinski definition) is 4. The zero-order chi connectivity index (χ0) is 17.7. The van der Waals surface area contributed by atoms with Crippen LogP contribution >= 0.6 is 11.6 Å². The Morgan fingerprint density at radius 1 is 1.24 bits per heavy atom. The molecule has 0 amide bonds. The fourth-order valence-corrected chi connectivity index (χ4v) is 2.92. The van der Waals surface area contributed by atoms with E-state index in [0.29, 0.717) is 21.9 Å². The summed E-state index contributed by atoms with van der Waals surface area (Å²) in [6.45, 7) is 1.66. The molecule has 0 bridgehead atoms. The molecule has 0 aromatic heterocycles. The van der Waals surface area contributed by atoms with Gasteiger partial charge in [-0.15, -0.1) is 0 Å². The predicted octanol–water partition coefficient (Wildman–Crippen LogP) is -0.231. The van der Waals surface area contributed by atoms with E-state index in [9.17, 15) is 13.5 Å². The minimum atomic E-state index is -4.05. The van der Waals surface area contributed by atoms with Crippen LogP contribution in [-0.4, -0.2) is 21.4 Å². The summed E-state index contributed by atoms with van der Waals surface area (Å²) >= 11 is 5.82. The summed E-state index contributed by atoms with van der Waals surface area (Å²) in [5, 5.41) is 13.4. The number of methoxy groups -OCH3 is 1. The van der Waals surface area contributed by atoms with Gasteiger partial charge in [0.25, 0.3) is 10.0 Å². The molecule has 5 nitrogen and oxygen atoms in total. The van der Waals surface area contributed by atoms with Crippen LogP contribution < -0.4 is 39.4 Å². The first-order chi connectivity index (χ1) is 11.3. The zero-order valence-electron chi connectivity index (χ0n) is 14.1. The van der Waals surface area contributed by atoms with E-state index in [-0.39, 0.29) is 35.1 Å². The number of benzene rings is 2. The minimum absolute atomic E-state index is 0. The molecule has 25 heavy (non-hydrogen) atoms. The Balaban J connectivity index is 0.00000312. The molecule has 0 fully saturated rings. The van der Waals surface area contributed by atoms with Crippen LogP contribution in [-0.2, 0) is 10.0 Å². The Labute approximate surface area is 174 Å². The Hall–Kier alpha value is -1.31. The summed E-state index contributed by atoms with van der Waals surface area (Å²) in [5.74, 6) is -0.237. The average molecular weight is 388 g/mol. The molecule has 2 rings (SSSR count). The Kier molecular flexibility index (Phi) is 8.18. The van der Waals surface area contributed by atoms with Crippen molar-refractivity contribution in [3.63, 3.8) is 0 Å². The maximum absolute atomic E-state index is 12.1. The number of halogens is 1. The first-order valence-corrected chi connectivity index (χ1v) is 8.79. The Bertz CT molecular complexity index is 911. The van der Waals surface area contributed by atoms with E-state index < -0.39 is 15.9 Å². The van der Waals surface area contributed by atoms with Gasteiger partial charge in [-0.3, -0.25) is 0 Å². The van der Waals surface area contributed by atoms with Crippen molar-refractivity contribution in [2.45, 2.75) is 6.92 Å². The minimum Gasteiger partial charge on any atom is -0.858 e. The fraction of sp³-hybridized carbons (Fsp3) is 0.118. The molecule has 0 N–H and O–H groups in total. The Morgan fingerprint density at radius 2 is 1.96 bits per heavy atom. The number of sulfonamides is 1. The van der Waals surface area contributed by atoms with Gasteiger partial charge in [-0.2, -0.15) is 12.8 Å². The molecular formula is C17H15ClNNaO4S. The molecule has 2 aromatic carbocycles. The van der Waals surface area contributed by atoms with Crippen molar-refractivity contribution in [2.75, 3.05) is 7.11 Å². The molecule has 8 heteroatoms. The van der Waals surface area contributed by atoms with Crippen LogP contribution in [0.25, 0.3) is 6.08 Å². The fourth-order valence-electron chi connectivity index (χ4n) is 1.97. The summed E-state index contributed by atoms with van der Waals surface area (Å²) in [6.07, 6.45) is 1.35. The zero-order valence-corrected chi connectivity index (χ0v) is 17.6. The third-order valence-corrected chi connectivity index (χ3v) is 4.29. The Morgan fingerprint density at radius 3 is 2.60 bits per heavy atom. The van der Waals surface area contributed by atoms with E-state index in [1.54, 1.807) is 37.3 Å². The first-order valence-electron chi connectivity index (χ1n) is 6.91. The third kappa shape index (κ3) is 6.49. The topological polar surface area (TPSA) is 78.8 Å². The van der Waals surface area contributed by atoms with Crippen LogP contribution in [0.3, 0.4) is 0 Å². The monoisotopic (exact) mass is 387 g/mol. The smallest absolute Gasteiger partial charge is 0.858 e. The second-order valence-corrected chi connectivity index (χ2v) is 6.87. The number of ether oxygens (including phenoxy) is 1. The second-order valence-electron chi connectivity index (χ2n) is 4.95. The van der Waals surface area contributed by atoms with Gasteiger partial charge in [0.05, 0.1) is 12.5 Å². The summed E-state index contributed by atoms with van der Waals surface area (Å²) in [4.78, 5) is 0. The van der Waals surface area contributed by atoms with Gasteiger partial charge in [-0.05, 0) is 54.0 Å². The second kappa shape index (κ2) is 9.40. The quantitative estimate of drug-likeness (QED) is 0.403. The van der Waals surface area contributed by atoms with Crippen LogP contribution in [0.1, 0.15) is 16.7 Å². The number of rotatable bonds is 5. The molecule has 0 radical (unpaired) electrons. The summed E-state index contributed by atoms with van der Waals surface area (Å²) in [6, 6.07) is 11.4. The van der Waals surface area contributed by atoms with E-state index in [0.717, 1.165) is 5.41 Å². The van der Waals surface area contributed by atoms with E-state index in [4.69, 9.17) is 16.3 Å². The van der Waals surface area contributed by atoms with Crippen molar-refractivity contribution in [2.24, 2.45) is 4.40 Å². The molecule has 0 spiro atoms.